The Kier molecular flexibility index (Phi) is 9.27. The Hall–Kier alpha value is -4.53. The van der Waals surface area contributed by atoms with Crippen molar-refractivity contribution >= 4 is 27.9 Å². The number of carbonyl (C=O) groups is 1. The molecular weight excluding hydrogens is 522 g/mol. The number of methoxy groups -OCH3 is 1. The van der Waals surface area contributed by atoms with Crippen LogP contribution in [0.4, 0.5) is 0 Å². The van der Waals surface area contributed by atoms with Crippen molar-refractivity contribution in [3.63, 3.8) is 0 Å². The highest BCUT2D eigenvalue weighted by Crippen LogP contribution is 2.23. The van der Waals surface area contributed by atoms with Crippen LogP contribution in [0.2, 0.25) is 0 Å². The van der Waals surface area contributed by atoms with E-state index in [0.717, 1.165) is 16.7 Å². The summed E-state index contributed by atoms with van der Waals surface area (Å²) in [4.78, 5) is 13.1. The third kappa shape index (κ3) is 7.31. The van der Waals surface area contributed by atoms with Crippen LogP contribution in [-0.2, 0) is 26.0 Å². The molecule has 0 aliphatic rings. The fraction of sp³-hybridized carbons (Fsp3) is 0.125. The molecule has 0 bridgehead atoms. The van der Waals surface area contributed by atoms with Crippen molar-refractivity contribution in [2.45, 2.75) is 17.4 Å². The van der Waals surface area contributed by atoms with Crippen LogP contribution in [0.1, 0.15) is 16.7 Å². The number of nitrogens with two attached hydrogens (primary N) is 1. The molecular formula is C32H31N3O4S. The van der Waals surface area contributed by atoms with Gasteiger partial charge in [0.1, 0.15) is 5.84 Å². The zero-order valence-corrected chi connectivity index (χ0v) is 22.8. The molecule has 0 saturated carbocycles. The maximum Gasteiger partial charge on any atom is 0.310 e. The molecule has 0 unspecified atom stereocenters. The summed E-state index contributed by atoms with van der Waals surface area (Å²) >= 11 is 0. The smallest absolute Gasteiger partial charge is 0.310 e. The number of hydrogen-bond donors (Lipinski definition) is 3. The van der Waals surface area contributed by atoms with Crippen LogP contribution in [-0.4, -0.2) is 33.4 Å². The van der Waals surface area contributed by atoms with E-state index in [1.54, 1.807) is 60.7 Å². The van der Waals surface area contributed by atoms with E-state index < -0.39 is 28.0 Å². The molecule has 0 aliphatic heterocycles. The van der Waals surface area contributed by atoms with Gasteiger partial charge in [0.2, 0.25) is 10.0 Å². The standard InChI is InChI=1S/C32H31N3O4S/c1-39-32(36)29(22-24-11-8-14-27(21-24)31(33)34)30(20-15-23-9-4-2-5-10-23)35-40(37,38)28-18-16-26(17-19-28)25-12-6-3-7-13-25/h2-21,29-30,35H,22H2,1H3,(H3,33,34)/b20-15+/t29-,30-/m0/s1. The van der Waals surface area contributed by atoms with Gasteiger partial charge in [-0.2, -0.15) is 0 Å². The minimum atomic E-state index is -4.03. The van der Waals surface area contributed by atoms with Crippen molar-refractivity contribution in [1.82, 2.24) is 4.72 Å². The van der Waals surface area contributed by atoms with Gasteiger partial charge in [-0.05, 0) is 46.9 Å². The van der Waals surface area contributed by atoms with Crippen LogP contribution >= 0.6 is 0 Å². The Morgan fingerprint density at radius 2 is 1.52 bits per heavy atom. The lowest BCUT2D eigenvalue weighted by Gasteiger charge is -2.24. The average molecular weight is 554 g/mol. The van der Waals surface area contributed by atoms with E-state index in [4.69, 9.17) is 15.9 Å². The zero-order chi connectivity index (χ0) is 28.5. The molecule has 0 saturated heterocycles. The van der Waals surface area contributed by atoms with E-state index in [9.17, 15) is 13.2 Å². The number of nitrogens with one attached hydrogen (secondary N) is 2. The second kappa shape index (κ2) is 13.0. The molecule has 2 atom stereocenters. The zero-order valence-electron chi connectivity index (χ0n) is 22.0. The number of benzene rings is 4. The first kappa shape index (κ1) is 28.5. The quantitative estimate of drug-likeness (QED) is 0.137. The van der Waals surface area contributed by atoms with Gasteiger partial charge in [0.05, 0.1) is 24.0 Å². The van der Waals surface area contributed by atoms with Crippen molar-refractivity contribution < 1.29 is 17.9 Å². The largest absolute Gasteiger partial charge is 0.469 e. The number of ether oxygens (including phenoxy) is 1. The summed E-state index contributed by atoms with van der Waals surface area (Å²) in [5.74, 6) is -1.57. The molecule has 0 spiro atoms. The molecule has 4 rings (SSSR count). The summed E-state index contributed by atoms with van der Waals surface area (Å²) in [6.45, 7) is 0. The van der Waals surface area contributed by atoms with Gasteiger partial charge < -0.3 is 10.5 Å². The summed E-state index contributed by atoms with van der Waals surface area (Å²) in [5.41, 5.74) is 9.59. The maximum absolute atomic E-state index is 13.6. The lowest BCUT2D eigenvalue weighted by Crippen LogP contribution is -2.43. The van der Waals surface area contributed by atoms with Crippen molar-refractivity contribution in [3.8, 4) is 11.1 Å². The minimum absolute atomic E-state index is 0.0764. The second-order valence-corrected chi connectivity index (χ2v) is 11.0. The highest BCUT2D eigenvalue weighted by Gasteiger charge is 2.32. The number of sulfonamides is 1. The Morgan fingerprint density at radius 1 is 0.900 bits per heavy atom. The average Bonchev–Trinajstić information content (AvgIpc) is 2.99. The Balaban J connectivity index is 1.68. The molecule has 0 aromatic heterocycles. The van der Waals surface area contributed by atoms with Gasteiger partial charge in [-0.1, -0.05) is 103 Å². The van der Waals surface area contributed by atoms with Gasteiger partial charge in [-0.3, -0.25) is 10.2 Å². The van der Waals surface area contributed by atoms with E-state index in [-0.39, 0.29) is 17.2 Å². The third-order valence-electron chi connectivity index (χ3n) is 6.49. The van der Waals surface area contributed by atoms with Crippen LogP contribution in [0.5, 0.6) is 0 Å². The molecule has 40 heavy (non-hydrogen) atoms. The van der Waals surface area contributed by atoms with Crippen LogP contribution in [0.3, 0.4) is 0 Å². The molecule has 204 valence electrons. The van der Waals surface area contributed by atoms with Crippen LogP contribution in [0, 0.1) is 11.3 Å². The molecule has 8 heteroatoms. The molecule has 0 aliphatic carbocycles. The molecule has 0 heterocycles. The lowest BCUT2D eigenvalue weighted by atomic mass is 9.91. The Morgan fingerprint density at radius 3 is 2.15 bits per heavy atom. The summed E-state index contributed by atoms with van der Waals surface area (Å²) in [5, 5.41) is 7.75. The molecule has 4 aromatic carbocycles. The van der Waals surface area contributed by atoms with Crippen LogP contribution in [0.25, 0.3) is 17.2 Å². The first-order valence-electron chi connectivity index (χ1n) is 12.7. The van der Waals surface area contributed by atoms with Crippen molar-refractivity contribution in [3.05, 3.63) is 132 Å². The highest BCUT2D eigenvalue weighted by molar-refractivity contribution is 7.89. The van der Waals surface area contributed by atoms with Crippen molar-refractivity contribution in [2.75, 3.05) is 7.11 Å². The normalized spacial score (nSPS) is 13.0. The summed E-state index contributed by atoms with van der Waals surface area (Å²) in [7, 11) is -2.75. The van der Waals surface area contributed by atoms with Gasteiger partial charge >= 0.3 is 5.97 Å². The summed E-state index contributed by atoms with van der Waals surface area (Å²) in [6, 6.07) is 31.7. The van der Waals surface area contributed by atoms with Crippen molar-refractivity contribution in [2.24, 2.45) is 11.7 Å². The van der Waals surface area contributed by atoms with Gasteiger partial charge in [-0.25, -0.2) is 13.1 Å². The number of nitrogen functional groups attached to an aromatic ring is 1. The maximum atomic E-state index is 13.6. The molecule has 7 nitrogen and oxygen atoms in total. The number of carbonyl (C=O) groups excluding carboxylic acids is 1. The van der Waals surface area contributed by atoms with Crippen LogP contribution < -0.4 is 10.5 Å². The SMILES string of the molecule is COC(=O)[C@@H](Cc1cccc(C(=N)N)c1)[C@H](/C=C/c1ccccc1)NS(=O)(=O)c1ccc(-c2ccccc2)cc1. The van der Waals surface area contributed by atoms with E-state index >= 15 is 0 Å². The van der Waals surface area contributed by atoms with E-state index in [1.807, 2.05) is 60.7 Å². The lowest BCUT2D eigenvalue weighted by molar-refractivity contribution is -0.145. The van der Waals surface area contributed by atoms with Gasteiger partial charge in [0, 0.05) is 5.56 Å². The Labute approximate surface area is 234 Å². The monoisotopic (exact) mass is 553 g/mol. The predicted molar refractivity (Wildman–Crippen MR) is 158 cm³/mol. The molecule has 4 aromatic rings. The number of amidine groups is 1. The predicted octanol–water partition coefficient (Wildman–Crippen LogP) is 5.03. The molecule has 0 radical (unpaired) electrons. The third-order valence-corrected chi connectivity index (χ3v) is 7.96. The van der Waals surface area contributed by atoms with Gasteiger partial charge in [0.15, 0.2) is 0 Å². The van der Waals surface area contributed by atoms with Gasteiger partial charge in [0.25, 0.3) is 0 Å². The van der Waals surface area contributed by atoms with Crippen molar-refractivity contribution in [1.29, 1.82) is 5.41 Å². The van der Waals surface area contributed by atoms with E-state index in [1.165, 1.54) is 7.11 Å². The molecule has 0 amide bonds. The first-order valence-corrected chi connectivity index (χ1v) is 14.2. The summed E-state index contributed by atoms with van der Waals surface area (Å²) in [6.07, 6.45) is 3.60. The van der Waals surface area contributed by atoms with E-state index in [2.05, 4.69) is 4.72 Å². The number of hydrogen-bond acceptors (Lipinski definition) is 5. The van der Waals surface area contributed by atoms with Gasteiger partial charge in [-0.15, -0.1) is 0 Å². The molecule has 4 N–H and O–H groups in total. The van der Waals surface area contributed by atoms with E-state index in [0.29, 0.717) is 11.1 Å². The Bertz CT molecular complexity index is 1590. The highest BCUT2D eigenvalue weighted by atomic mass is 32.2. The summed E-state index contributed by atoms with van der Waals surface area (Å²) < 4.78 is 35.0. The second-order valence-electron chi connectivity index (χ2n) is 9.26. The van der Waals surface area contributed by atoms with Crippen LogP contribution in [0.15, 0.2) is 120 Å². The molecule has 0 fully saturated rings. The fourth-order valence-electron chi connectivity index (χ4n) is 4.37. The minimum Gasteiger partial charge on any atom is -0.469 e. The first-order chi connectivity index (χ1) is 19.3. The fourth-order valence-corrected chi connectivity index (χ4v) is 5.60. The number of rotatable bonds is 11. The topological polar surface area (TPSA) is 122 Å². The number of esters is 1.